The van der Waals surface area contributed by atoms with Crippen molar-refractivity contribution in [3.05, 3.63) is 51.2 Å². The van der Waals surface area contributed by atoms with Crippen LogP contribution in [-0.4, -0.2) is 6.21 Å². The molecule has 118 valence electrons. The summed E-state index contributed by atoms with van der Waals surface area (Å²) >= 11 is 1.20. The zero-order valence-corrected chi connectivity index (χ0v) is 11.1. The Morgan fingerprint density at radius 1 is 1.00 bits per heavy atom. The van der Waals surface area contributed by atoms with Gasteiger partial charge in [0.05, 0.1) is 6.21 Å². The van der Waals surface area contributed by atoms with Crippen LogP contribution in [0.25, 0.3) is 0 Å². The van der Waals surface area contributed by atoms with Gasteiger partial charge < -0.3 is 0 Å². The zero-order chi connectivity index (χ0) is 16.5. The summed E-state index contributed by atoms with van der Waals surface area (Å²) in [5.74, 6) is -9.51. The number of hydrogen-bond acceptors (Lipinski definition) is 3. The Hall–Kier alpha value is -2.10. The molecule has 0 amide bonds. The number of alkyl halides is 3. The lowest BCUT2D eigenvalue weighted by atomic mass is 10.1. The van der Waals surface area contributed by atoms with Gasteiger partial charge >= 0.3 is 6.18 Å². The van der Waals surface area contributed by atoms with E-state index in [4.69, 9.17) is 0 Å². The first-order chi connectivity index (χ1) is 10.2. The van der Waals surface area contributed by atoms with E-state index in [9.17, 15) is 30.7 Å². The van der Waals surface area contributed by atoms with Crippen molar-refractivity contribution in [3.63, 3.8) is 0 Å². The number of anilines is 1. The molecule has 0 saturated heterocycles. The predicted molar refractivity (Wildman–Crippen MR) is 66.8 cm³/mol. The van der Waals surface area contributed by atoms with Gasteiger partial charge in [0.2, 0.25) is 0 Å². The average molecular weight is 342 g/mol. The highest BCUT2D eigenvalue weighted by molar-refractivity contribution is 7.11. The van der Waals surface area contributed by atoms with E-state index in [2.05, 4.69) is 5.10 Å². The fourth-order valence-electron chi connectivity index (χ4n) is 1.50. The maximum absolute atomic E-state index is 13.5. The fourth-order valence-corrected chi connectivity index (χ4v) is 2.09. The van der Waals surface area contributed by atoms with Crippen molar-refractivity contribution in [2.45, 2.75) is 6.18 Å². The van der Waals surface area contributed by atoms with Gasteiger partial charge in [0.1, 0.15) is 11.3 Å². The SMILES string of the molecule is Fc1c(F)c(C(F)(F)F)c(F)c(F)c1N/N=C\c1cccs1. The molecule has 0 aliphatic heterocycles. The van der Waals surface area contributed by atoms with Crippen LogP contribution in [0.2, 0.25) is 0 Å². The topological polar surface area (TPSA) is 24.4 Å². The van der Waals surface area contributed by atoms with Crippen LogP contribution in [0.5, 0.6) is 0 Å². The van der Waals surface area contributed by atoms with E-state index >= 15 is 0 Å². The molecule has 0 bridgehead atoms. The van der Waals surface area contributed by atoms with Gasteiger partial charge in [0.25, 0.3) is 0 Å². The molecular formula is C12H5F7N2S. The minimum Gasteiger partial charge on any atom is -0.272 e. The van der Waals surface area contributed by atoms with Crippen LogP contribution >= 0.6 is 11.3 Å². The summed E-state index contributed by atoms with van der Waals surface area (Å²) in [5, 5.41) is 4.99. The van der Waals surface area contributed by atoms with Crippen LogP contribution in [0, 0.1) is 23.3 Å². The number of hydrazone groups is 1. The lowest BCUT2D eigenvalue weighted by Gasteiger charge is -2.13. The van der Waals surface area contributed by atoms with Crippen LogP contribution in [0.1, 0.15) is 10.4 Å². The molecule has 22 heavy (non-hydrogen) atoms. The van der Waals surface area contributed by atoms with Crippen LogP contribution in [0.15, 0.2) is 22.6 Å². The summed E-state index contributed by atoms with van der Waals surface area (Å²) in [6.45, 7) is 0. The minimum atomic E-state index is -5.57. The third-order valence-corrected chi connectivity index (χ3v) is 3.27. The van der Waals surface area contributed by atoms with Crippen LogP contribution in [-0.2, 0) is 6.18 Å². The monoisotopic (exact) mass is 342 g/mol. The van der Waals surface area contributed by atoms with E-state index in [-0.39, 0.29) is 0 Å². The molecule has 0 atom stereocenters. The molecule has 0 fully saturated rings. The van der Waals surface area contributed by atoms with Gasteiger partial charge in [-0.2, -0.15) is 18.3 Å². The smallest absolute Gasteiger partial charge is 0.272 e. The number of benzene rings is 1. The van der Waals surface area contributed by atoms with Gasteiger partial charge in [0, 0.05) is 4.88 Å². The van der Waals surface area contributed by atoms with Crippen molar-refractivity contribution in [2.24, 2.45) is 5.10 Å². The first-order valence-corrected chi connectivity index (χ1v) is 6.37. The summed E-state index contributed by atoms with van der Waals surface area (Å²) in [6.07, 6.45) is -4.49. The molecule has 1 aromatic carbocycles. The fraction of sp³-hybridized carbons (Fsp3) is 0.0833. The molecule has 1 N–H and O–H groups in total. The van der Waals surface area contributed by atoms with Crippen molar-refractivity contribution in [1.82, 2.24) is 0 Å². The third kappa shape index (κ3) is 3.06. The molecule has 2 rings (SSSR count). The van der Waals surface area contributed by atoms with Gasteiger partial charge in [-0.25, -0.2) is 17.6 Å². The molecule has 0 spiro atoms. The van der Waals surface area contributed by atoms with Gasteiger partial charge in [-0.05, 0) is 11.4 Å². The maximum atomic E-state index is 13.5. The van der Waals surface area contributed by atoms with Crippen LogP contribution < -0.4 is 5.43 Å². The van der Waals surface area contributed by atoms with Crippen LogP contribution in [0.3, 0.4) is 0 Å². The van der Waals surface area contributed by atoms with Crippen molar-refractivity contribution in [1.29, 1.82) is 0 Å². The maximum Gasteiger partial charge on any atom is 0.422 e. The third-order valence-electron chi connectivity index (χ3n) is 2.46. The molecule has 1 heterocycles. The van der Waals surface area contributed by atoms with Gasteiger partial charge in [0.15, 0.2) is 23.3 Å². The second-order valence-electron chi connectivity index (χ2n) is 3.89. The predicted octanol–water partition coefficient (Wildman–Crippen LogP) is 4.77. The highest BCUT2D eigenvalue weighted by Crippen LogP contribution is 2.38. The lowest BCUT2D eigenvalue weighted by Crippen LogP contribution is -2.16. The average Bonchev–Trinajstić information content (AvgIpc) is 2.92. The Labute approximate surface area is 122 Å². The van der Waals surface area contributed by atoms with Crippen molar-refractivity contribution >= 4 is 23.2 Å². The summed E-state index contributed by atoms with van der Waals surface area (Å²) in [7, 11) is 0. The first-order valence-electron chi connectivity index (χ1n) is 5.49. The molecule has 0 saturated carbocycles. The molecule has 10 heteroatoms. The first kappa shape index (κ1) is 16.3. The van der Waals surface area contributed by atoms with E-state index in [0.29, 0.717) is 4.88 Å². The Bertz CT molecular complexity index is 678. The zero-order valence-electron chi connectivity index (χ0n) is 10.3. The standard InChI is InChI=1S/C12H5F7N2S/c13-7-6(12(17,18)19)8(14)10(16)11(9(7)15)21-20-4-5-2-1-3-22-5/h1-4,21H/b20-4-. The summed E-state index contributed by atoms with van der Waals surface area (Å²) in [5.41, 5.74) is -2.42. The number of hydrogen-bond donors (Lipinski definition) is 1. The molecular weight excluding hydrogens is 337 g/mol. The van der Waals surface area contributed by atoms with E-state index in [1.807, 2.05) is 0 Å². The quantitative estimate of drug-likeness (QED) is 0.370. The molecule has 0 radical (unpaired) electrons. The minimum absolute atomic E-state index is 0.543. The van der Waals surface area contributed by atoms with E-state index in [1.54, 1.807) is 22.9 Å². The normalized spacial score (nSPS) is 12.1. The van der Waals surface area contributed by atoms with Crippen LogP contribution in [0.4, 0.5) is 36.4 Å². The van der Waals surface area contributed by atoms with E-state index in [1.165, 1.54) is 11.3 Å². The lowest BCUT2D eigenvalue weighted by molar-refractivity contribution is -0.143. The Kier molecular flexibility index (Phi) is 4.40. The number of nitrogens with zero attached hydrogens (tertiary/aromatic N) is 1. The van der Waals surface area contributed by atoms with Gasteiger partial charge in [-0.1, -0.05) is 6.07 Å². The molecule has 1 aromatic heterocycles. The van der Waals surface area contributed by atoms with Gasteiger partial charge in [-0.15, -0.1) is 11.3 Å². The number of nitrogens with one attached hydrogen (secondary N) is 1. The number of halogens is 7. The summed E-state index contributed by atoms with van der Waals surface area (Å²) in [6, 6.07) is 3.22. The molecule has 0 unspecified atom stereocenters. The summed E-state index contributed by atoms with van der Waals surface area (Å²) in [4.78, 5) is 0.543. The second kappa shape index (κ2) is 5.95. The Morgan fingerprint density at radius 2 is 1.59 bits per heavy atom. The number of rotatable bonds is 3. The summed E-state index contributed by atoms with van der Waals surface area (Å²) < 4.78 is 90.7. The Morgan fingerprint density at radius 3 is 2.05 bits per heavy atom. The van der Waals surface area contributed by atoms with E-state index in [0.717, 1.165) is 6.21 Å². The molecule has 2 aromatic rings. The second-order valence-corrected chi connectivity index (χ2v) is 4.87. The molecule has 0 aliphatic rings. The van der Waals surface area contributed by atoms with E-state index < -0.39 is 40.7 Å². The van der Waals surface area contributed by atoms with Crippen molar-refractivity contribution in [3.8, 4) is 0 Å². The highest BCUT2D eigenvalue weighted by Gasteiger charge is 2.42. The highest BCUT2D eigenvalue weighted by atomic mass is 32.1. The van der Waals surface area contributed by atoms with Crippen molar-refractivity contribution in [2.75, 3.05) is 5.43 Å². The largest absolute Gasteiger partial charge is 0.422 e. The number of thiophene rings is 1. The van der Waals surface area contributed by atoms with Crippen molar-refractivity contribution < 1.29 is 30.7 Å². The van der Waals surface area contributed by atoms with Gasteiger partial charge in [-0.3, -0.25) is 5.43 Å². The Balaban J connectivity index is 2.41. The molecule has 2 nitrogen and oxygen atoms in total. The molecule has 0 aliphatic carbocycles.